The van der Waals surface area contributed by atoms with E-state index in [9.17, 15) is 4.79 Å². The van der Waals surface area contributed by atoms with Crippen LogP contribution in [-0.4, -0.2) is 40.7 Å². The summed E-state index contributed by atoms with van der Waals surface area (Å²) in [6.45, 7) is 0.745. The number of amides is 1. The molecule has 1 aliphatic rings. The van der Waals surface area contributed by atoms with Crippen LogP contribution in [0, 0.1) is 5.92 Å². The van der Waals surface area contributed by atoms with Crippen molar-refractivity contribution in [3.8, 4) is 5.75 Å². The van der Waals surface area contributed by atoms with Gasteiger partial charge in [0.2, 0.25) is 5.91 Å². The zero-order valence-corrected chi connectivity index (χ0v) is 17.7. The van der Waals surface area contributed by atoms with Gasteiger partial charge in [0, 0.05) is 5.92 Å². The highest BCUT2D eigenvalue weighted by molar-refractivity contribution is 5.79. The van der Waals surface area contributed by atoms with E-state index >= 15 is 0 Å². The van der Waals surface area contributed by atoms with Gasteiger partial charge in [-0.25, -0.2) is 4.68 Å². The van der Waals surface area contributed by atoms with Gasteiger partial charge >= 0.3 is 0 Å². The van der Waals surface area contributed by atoms with Gasteiger partial charge in [0.1, 0.15) is 12.5 Å². The number of carbonyl (C=O) groups is 1. The van der Waals surface area contributed by atoms with Gasteiger partial charge in [-0.3, -0.25) is 4.79 Å². The molecule has 0 spiro atoms. The van der Waals surface area contributed by atoms with Crippen LogP contribution in [0.1, 0.15) is 23.2 Å². The van der Waals surface area contributed by atoms with E-state index in [-0.39, 0.29) is 17.9 Å². The highest BCUT2D eigenvalue weighted by Crippen LogP contribution is 2.20. The van der Waals surface area contributed by atoms with E-state index < -0.39 is 0 Å². The third-order valence-electron chi connectivity index (χ3n) is 5.66. The zero-order valence-electron chi connectivity index (χ0n) is 17.7. The highest BCUT2D eigenvalue weighted by atomic mass is 16.5. The molecule has 0 saturated carbocycles. The molecule has 0 aliphatic carbocycles. The maximum absolute atomic E-state index is 13.3. The van der Waals surface area contributed by atoms with Crippen LogP contribution < -0.4 is 10.1 Å². The Labute approximate surface area is 182 Å². The van der Waals surface area contributed by atoms with Crippen molar-refractivity contribution in [1.82, 2.24) is 20.3 Å². The molecule has 7 nitrogen and oxygen atoms in total. The molecule has 3 aromatic rings. The Morgan fingerprint density at radius 2 is 1.87 bits per heavy atom. The van der Waals surface area contributed by atoms with Crippen LogP contribution >= 0.6 is 0 Å². The first-order valence-electron chi connectivity index (χ1n) is 10.6. The third-order valence-corrected chi connectivity index (χ3v) is 5.66. The van der Waals surface area contributed by atoms with Crippen LogP contribution in [0.25, 0.3) is 0 Å². The lowest BCUT2D eigenvalue weighted by molar-refractivity contribution is -0.126. The maximum atomic E-state index is 13.3. The van der Waals surface area contributed by atoms with E-state index in [4.69, 9.17) is 9.47 Å². The minimum Gasteiger partial charge on any atom is -0.497 e. The predicted octanol–water partition coefficient (Wildman–Crippen LogP) is 2.79. The van der Waals surface area contributed by atoms with E-state index in [0.717, 1.165) is 17.0 Å². The molecule has 31 heavy (non-hydrogen) atoms. The van der Waals surface area contributed by atoms with E-state index in [1.807, 2.05) is 42.5 Å². The first-order chi connectivity index (χ1) is 15.2. The molecule has 0 unspecified atom stereocenters. The van der Waals surface area contributed by atoms with Crippen molar-refractivity contribution in [2.75, 3.05) is 13.7 Å². The molecule has 4 rings (SSSR count). The summed E-state index contributed by atoms with van der Waals surface area (Å²) in [7, 11) is 1.65. The van der Waals surface area contributed by atoms with Gasteiger partial charge in [0.05, 0.1) is 31.6 Å². The number of hydrogen-bond acceptors (Lipinski definition) is 5. The number of hydrogen-bond donors (Lipinski definition) is 1. The molecule has 7 heteroatoms. The fourth-order valence-corrected chi connectivity index (χ4v) is 3.93. The second-order valence-corrected chi connectivity index (χ2v) is 7.91. The average Bonchev–Trinajstić information content (AvgIpc) is 3.23. The summed E-state index contributed by atoms with van der Waals surface area (Å²) in [5, 5.41) is 11.4. The molecular weight excluding hydrogens is 392 g/mol. The van der Waals surface area contributed by atoms with Crippen molar-refractivity contribution in [2.45, 2.75) is 38.5 Å². The Hall–Kier alpha value is -3.19. The smallest absolute Gasteiger partial charge is 0.223 e. The molecule has 2 heterocycles. The topological polar surface area (TPSA) is 78.3 Å². The lowest BCUT2D eigenvalue weighted by Crippen LogP contribution is -2.43. The van der Waals surface area contributed by atoms with Gasteiger partial charge in [-0.1, -0.05) is 47.7 Å². The number of carbonyl (C=O) groups excluding carboxylic acids is 1. The number of fused-ring (bicyclic) bond motifs is 1. The van der Waals surface area contributed by atoms with Gasteiger partial charge in [-0.15, -0.1) is 5.10 Å². The molecule has 2 aromatic carbocycles. The molecule has 1 amide bonds. The Bertz CT molecular complexity index is 972. The lowest BCUT2D eigenvalue weighted by atomic mass is 9.92. The minimum atomic E-state index is -0.159. The van der Waals surface area contributed by atoms with Crippen LogP contribution in [0.2, 0.25) is 0 Å². The Balaban J connectivity index is 1.53. The molecule has 0 radical (unpaired) electrons. The largest absolute Gasteiger partial charge is 0.497 e. The minimum absolute atomic E-state index is 0.0567. The molecule has 0 saturated heterocycles. The molecule has 1 N–H and O–H groups in total. The Morgan fingerprint density at radius 1 is 1.10 bits per heavy atom. The summed E-state index contributed by atoms with van der Waals surface area (Å²) >= 11 is 0. The number of benzene rings is 2. The summed E-state index contributed by atoms with van der Waals surface area (Å²) in [5.74, 6) is 0.708. The van der Waals surface area contributed by atoms with Crippen LogP contribution in [0.3, 0.4) is 0 Å². The lowest BCUT2D eigenvalue weighted by Gasteiger charge is -2.22. The monoisotopic (exact) mass is 420 g/mol. The molecular formula is C24H28N4O3. The van der Waals surface area contributed by atoms with Crippen molar-refractivity contribution >= 4 is 5.91 Å². The number of aromatic nitrogens is 3. The second kappa shape index (κ2) is 10.2. The quantitative estimate of drug-likeness (QED) is 0.687. The Morgan fingerprint density at radius 3 is 2.65 bits per heavy atom. The molecule has 1 aromatic heterocycles. The van der Waals surface area contributed by atoms with E-state index in [2.05, 4.69) is 27.8 Å². The average molecular weight is 421 g/mol. The van der Waals surface area contributed by atoms with Crippen molar-refractivity contribution < 1.29 is 14.3 Å². The number of methoxy groups -OCH3 is 1. The summed E-state index contributed by atoms with van der Waals surface area (Å²) in [5.41, 5.74) is 3.26. The first kappa shape index (κ1) is 21.1. The van der Waals surface area contributed by atoms with Gasteiger partial charge in [-0.2, -0.15) is 0 Å². The molecule has 162 valence electrons. The number of ether oxygens (including phenoxy) is 2. The molecule has 1 aliphatic heterocycles. The summed E-state index contributed by atoms with van der Waals surface area (Å²) in [4.78, 5) is 13.3. The van der Waals surface area contributed by atoms with E-state index in [1.165, 1.54) is 5.56 Å². The van der Waals surface area contributed by atoms with Crippen LogP contribution in [-0.2, 0) is 35.5 Å². The Kier molecular flexibility index (Phi) is 6.94. The van der Waals surface area contributed by atoms with E-state index in [0.29, 0.717) is 39.0 Å². The molecule has 0 bridgehead atoms. The van der Waals surface area contributed by atoms with Crippen LogP contribution in [0.15, 0.2) is 60.8 Å². The zero-order chi connectivity index (χ0) is 21.5. The number of nitrogens with one attached hydrogen (secondary N) is 1. The van der Waals surface area contributed by atoms with Gasteiger partial charge < -0.3 is 14.8 Å². The second-order valence-electron chi connectivity index (χ2n) is 7.91. The van der Waals surface area contributed by atoms with Crippen molar-refractivity contribution in [3.05, 3.63) is 77.6 Å². The fourth-order valence-electron chi connectivity index (χ4n) is 3.93. The predicted molar refractivity (Wildman–Crippen MR) is 117 cm³/mol. The van der Waals surface area contributed by atoms with Crippen molar-refractivity contribution in [1.29, 1.82) is 0 Å². The first-order valence-corrected chi connectivity index (χ1v) is 10.6. The fraction of sp³-hybridized carbons (Fsp3) is 0.375. The summed E-state index contributed by atoms with van der Waals surface area (Å²) in [6, 6.07) is 18.0. The number of aryl methyl sites for hydroxylation is 1. The van der Waals surface area contributed by atoms with Crippen molar-refractivity contribution in [2.24, 2.45) is 5.92 Å². The summed E-state index contributed by atoms with van der Waals surface area (Å²) in [6.07, 6.45) is 4.56. The molecule has 0 fully saturated rings. The standard InChI is InChI=1S/C24H28N4O3/c1-30-23-11-7-19(8-12-23)13-20-9-10-22-15-25-27-28(22)17-31-16-21(26-24(20)29)14-18-5-3-2-4-6-18/h2-8,11-12,15,20-21H,9-10,13-14,16-17H2,1H3,(H,26,29)/t20-,21-/m0/s1. The highest BCUT2D eigenvalue weighted by Gasteiger charge is 2.24. The van der Waals surface area contributed by atoms with Crippen LogP contribution in [0.4, 0.5) is 0 Å². The summed E-state index contributed by atoms with van der Waals surface area (Å²) < 4.78 is 12.9. The third kappa shape index (κ3) is 5.70. The van der Waals surface area contributed by atoms with Crippen molar-refractivity contribution in [3.63, 3.8) is 0 Å². The maximum Gasteiger partial charge on any atom is 0.223 e. The molecule has 2 atom stereocenters. The van der Waals surface area contributed by atoms with Gasteiger partial charge in [0.25, 0.3) is 0 Å². The van der Waals surface area contributed by atoms with Crippen LogP contribution in [0.5, 0.6) is 5.75 Å². The normalized spacial score (nSPS) is 19.7. The number of rotatable bonds is 5. The van der Waals surface area contributed by atoms with Gasteiger partial charge in [0.15, 0.2) is 0 Å². The van der Waals surface area contributed by atoms with E-state index in [1.54, 1.807) is 18.0 Å². The van der Waals surface area contributed by atoms with Gasteiger partial charge in [-0.05, 0) is 48.9 Å². The number of nitrogens with zero attached hydrogens (tertiary/aromatic N) is 3. The SMILES string of the molecule is COc1ccc(C[C@@H]2CCc3cnnn3COC[C@H](Cc3ccccc3)NC2=O)cc1.